The van der Waals surface area contributed by atoms with E-state index in [1.165, 1.54) is 30.3 Å². The number of hydrogen-bond acceptors (Lipinski definition) is 2. The van der Waals surface area contributed by atoms with E-state index < -0.39 is 5.82 Å². The molecule has 0 heterocycles. The largest absolute Gasteiger partial charge is 0.355 e. The van der Waals surface area contributed by atoms with Crippen LogP contribution in [-0.2, 0) is 0 Å². The minimum Gasteiger partial charge on any atom is -0.355 e. The number of halogens is 3. The highest BCUT2D eigenvalue weighted by Crippen LogP contribution is 2.27. The highest BCUT2D eigenvalue weighted by molar-refractivity contribution is 9.10. The Morgan fingerprint density at radius 2 is 1.89 bits per heavy atom. The molecular weight excluding hydrogens is 302 g/mol. The van der Waals surface area contributed by atoms with Crippen molar-refractivity contribution in [3.05, 3.63) is 58.1 Å². The molecule has 0 saturated carbocycles. The number of anilines is 2. The molecule has 0 aliphatic carbocycles. The van der Waals surface area contributed by atoms with Gasteiger partial charge in [0.25, 0.3) is 0 Å². The Balaban J connectivity index is 2.29. The Hall–Kier alpha value is -1.93. The Morgan fingerprint density at radius 1 is 1.11 bits per heavy atom. The fourth-order valence-corrected chi connectivity index (χ4v) is 1.88. The SMILES string of the molecule is N#Cc1ccc(Nc2ccc(F)cc2Br)cc1F. The van der Waals surface area contributed by atoms with Gasteiger partial charge in [0.15, 0.2) is 0 Å². The monoisotopic (exact) mass is 308 g/mol. The summed E-state index contributed by atoms with van der Waals surface area (Å²) in [6.07, 6.45) is 0. The average molecular weight is 309 g/mol. The summed E-state index contributed by atoms with van der Waals surface area (Å²) in [5, 5.41) is 11.5. The van der Waals surface area contributed by atoms with Gasteiger partial charge in [-0.05, 0) is 52.3 Å². The minimum absolute atomic E-state index is 0.0151. The van der Waals surface area contributed by atoms with Crippen molar-refractivity contribution in [2.24, 2.45) is 0 Å². The van der Waals surface area contributed by atoms with Crippen molar-refractivity contribution in [1.82, 2.24) is 0 Å². The molecule has 0 aliphatic rings. The van der Waals surface area contributed by atoms with E-state index in [0.717, 1.165) is 0 Å². The molecule has 0 atom stereocenters. The molecule has 18 heavy (non-hydrogen) atoms. The first-order valence-corrected chi connectivity index (χ1v) is 5.81. The van der Waals surface area contributed by atoms with Crippen LogP contribution in [0.3, 0.4) is 0 Å². The summed E-state index contributed by atoms with van der Waals surface area (Å²) in [5.41, 5.74) is 1.08. The second-order valence-corrected chi connectivity index (χ2v) is 4.41. The van der Waals surface area contributed by atoms with Crippen LogP contribution < -0.4 is 5.32 Å². The van der Waals surface area contributed by atoms with Crippen LogP contribution >= 0.6 is 15.9 Å². The molecule has 2 nitrogen and oxygen atoms in total. The molecule has 0 unspecified atom stereocenters. The predicted octanol–water partition coefficient (Wildman–Crippen LogP) is 4.34. The van der Waals surface area contributed by atoms with Crippen molar-refractivity contribution in [1.29, 1.82) is 5.26 Å². The molecule has 2 aromatic rings. The van der Waals surface area contributed by atoms with E-state index in [9.17, 15) is 8.78 Å². The highest BCUT2D eigenvalue weighted by atomic mass is 79.9. The van der Waals surface area contributed by atoms with Gasteiger partial charge in [-0.25, -0.2) is 8.78 Å². The van der Waals surface area contributed by atoms with Crippen molar-refractivity contribution in [3.63, 3.8) is 0 Å². The van der Waals surface area contributed by atoms with Crippen LogP contribution in [0.25, 0.3) is 0 Å². The number of hydrogen-bond donors (Lipinski definition) is 1. The maximum atomic E-state index is 13.4. The van der Waals surface area contributed by atoms with E-state index in [0.29, 0.717) is 15.8 Å². The molecule has 0 saturated heterocycles. The van der Waals surface area contributed by atoms with Gasteiger partial charge in [-0.1, -0.05) is 0 Å². The molecule has 0 aromatic heterocycles. The maximum absolute atomic E-state index is 13.4. The maximum Gasteiger partial charge on any atom is 0.143 e. The van der Waals surface area contributed by atoms with Gasteiger partial charge in [0.2, 0.25) is 0 Å². The smallest absolute Gasteiger partial charge is 0.143 e. The average Bonchev–Trinajstić information content (AvgIpc) is 2.33. The van der Waals surface area contributed by atoms with E-state index in [4.69, 9.17) is 5.26 Å². The lowest BCUT2D eigenvalue weighted by Gasteiger charge is -2.09. The first kappa shape index (κ1) is 12.5. The van der Waals surface area contributed by atoms with Crippen molar-refractivity contribution in [2.75, 3.05) is 5.32 Å². The van der Waals surface area contributed by atoms with Crippen LogP contribution in [0.15, 0.2) is 40.9 Å². The van der Waals surface area contributed by atoms with Gasteiger partial charge >= 0.3 is 0 Å². The van der Waals surface area contributed by atoms with Crippen LogP contribution in [0, 0.1) is 23.0 Å². The third-order valence-electron chi connectivity index (χ3n) is 2.30. The second kappa shape index (κ2) is 5.15. The summed E-state index contributed by atoms with van der Waals surface area (Å²) in [7, 11) is 0. The first-order valence-electron chi connectivity index (χ1n) is 5.02. The van der Waals surface area contributed by atoms with E-state index in [1.807, 2.05) is 0 Å². The molecule has 1 N–H and O–H groups in total. The Morgan fingerprint density at radius 3 is 2.50 bits per heavy atom. The van der Waals surface area contributed by atoms with E-state index >= 15 is 0 Å². The van der Waals surface area contributed by atoms with Gasteiger partial charge in [0.1, 0.15) is 17.7 Å². The molecule has 0 amide bonds. The number of rotatable bonds is 2. The van der Waals surface area contributed by atoms with Crippen molar-refractivity contribution in [2.45, 2.75) is 0 Å². The first-order chi connectivity index (χ1) is 8.60. The number of benzene rings is 2. The zero-order valence-electron chi connectivity index (χ0n) is 9.05. The van der Waals surface area contributed by atoms with Gasteiger partial charge in [0, 0.05) is 10.2 Å². The Kier molecular flexibility index (Phi) is 3.58. The lowest BCUT2D eigenvalue weighted by atomic mass is 10.2. The molecule has 2 rings (SSSR count). The summed E-state index contributed by atoms with van der Waals surface area (Å²) < 4.78 is 26.8. The standard InChI is InChI=1S/C13H7BrF2N2/c14-11-5-9(15)2-4-13(11)18-10-3-1-8(7-17)12(16)6-10/h1-6,18H. The summed E-state index contributed by atoms with van der Waals surface area (Å²) in [5.74, 6) is -0.959. The molecule has 0 aliphatic heterocycles. The zero-order valence-corrected chi connectivity index (χ0v) is 10.6. The molecule has 5 heteroatoms. The summed E-state index contributed by atoms with van der Waals surface area (Å²) in [6, 6.07) is 10.1. The number of nitrogens with one attached hydrogen (secondary N) is 1. The molecule has 0 bridgehead atoms. The normalized spacial score (nSPS) is 9.89. The lowest BCUT2D eigenvalue weighted by molar-refractivity contribution is 0.624. The minimum atomic E-state index is -0.597. The summed E-state index contributed by atoms with van der Waals surface area (Å²) in [6.45, 7) is 0. The second-order valence-electron chi connectivity index (χ2n) is 3.56. The van der Waals surface area contributed by atoms with Gasteiger partial charge < -0.3 is 5.32 Å². The molecule has 0 radical (unpaired) electrons. The van der Waals surface area contributed by atoms with Gasteiger partial charge in [0.05, 0.1) is 11.3 Å². The fraction of sp³-hybridized carbons (Fsp3) is 0. The third kappa shape index (κ3) is 2.66. The molecule has 0 spiro atoms. The number of nitrogens with zero attached hydrogens (tertiary/aromatic N) is 1. The quantitative estimate of drug-likeness (QED) is 0.895. The van der Waals surface area contributed by atoms with Crippen molar-refractivity contribution >= 4 is 27.3 Å². The number of nitriles is 1. The topological polar surface area (TPSA) is 35.8 Å². The van der Waals surface area contributed by atoms with Crippen LogP contribution in [0.4, 0.5) is 20.2 Å². The van der Waals surface area contributed by atoms with Gasteiger partial charge in [-0.15, -0.1) is 0 Å². The van der Waals surface area contributed by atoms with Crippen molar-refractivity contribution in [3.8, 4) is 6.07 Å². The third-order valence-corrected chi connectivity index (χ3v) is 2.96. The molecule has 2 aromatic carbocycles. The molecular formula is C13H7BrF2N2. The Labute approximate surface area is 111 Å². The zero-order chi connectivity index (χ0) is 13.1. The molecule has 0 fully saturated rings. The van der Waals surface area contributed by atoms with Gasteiger partial charge in [-0.3, -0.25) is 0 Å². The summed E-state index contributed by atoms with van der Waals surface area (Å²) >= 11 is 3.20. The van der Waals surface area contributed by atoms with E-state index in [2.05, 4.69) is 21.2 Å². The molecule has 90 valence electrons. The lowest BCUT2D eigenvalue weighted by Crippen LogP contribution is -1.94. The van der Waals surface area contributed by atoms with Crippen molar-refractivity contribution < 1.29 is 8.78 Å². The Bertz CT molecular complexity index is 635. The van der Waals surface area contributed by atoms with E-state index in [-0.39, 0.29) is 11.4 Å². The predicted molar refractivity (Wildman–Crippen MR) is 68.5 cm³/mol. The van der Waals surface area contributed by atoms with Crippen LogP contribution in [-0.4, -0.2) is 0 Å². The fourth-order valence-electron chi connectivity index (χ4n) is 1.43. The van der Waals surface area contributed by atoms with Crippen LogP contribution in [0.2, 0.25) is 0 Å². The highest BCUT2D eigenvalue weighted by Gasteiger charge is 2.05. The van der Waals surface area contributed by atoms with Crippen LogP contribution in [0.5, 0.6) is 0 Å². The summed E-state index contributed by atoms with van der Waals surface area (Å²) in [4.78, 5) is 0. The van der Waals surface area contributed by atoms with Crippen LogP contribution in [0.1, 0.15) is 5.56 Å². The van der Waals surface area contributed by atoms with Gasteiger partial charge in [-0.2, -0.15) is 5.26 Å². The van der Waals surface area contributed by atoms with E-state index in [1.54, 1.807) is 12.1 Å².